The lowest BCUT2D eigenvalue weighted by atomic mass is 9.94. The Labute approximate surface area is 117 Å². The summed E-state index contributed by atoms with van der Waals surface area (Å²) >= 11 is 1.77. The molecule has 1 heterocycles. The topological polar surface area (TPSA) is 26.0 Å². The molecule has 2 heteroatoms. The Hall–Kier alpha value is -1.64. The molecule has 0 bridgehead atoms. The van der Waals surface area contributed by atoms with E-state index in [1.807, 2.05) is 0 Å². The van der Waals surface area contributed by atoms with Crippen molar-refractivity contribution in [2.24, 2.45) is 5.73 Å². The summed E-state index contributed by atoms with van der Waals surface area (Å²) in [6.45, 7) is 4.24. The highest BCUT2D eigenvalue weighted by Gasteiger charge is 2.15. The second kappa shape index (κ2) is 4.80. The van der Waals surface area contributed by atoms with Gasteiger partial charge in [0.15, 0.2) is 0 Å². The van der Waals surface area contributed by atoms with Crippen LogP contribution in [-0.4, -0.2) is 0 Å². The molecule has 0 radical (unpaired) electrons. The molecule has 1 unspecified atom stereocenters. The molecular weight excluding hydrogens is 250 g/mol. The number of benzene rings is 2. The van der Waals surface area contributed by atoms with E-state index in [0.29, 0.717) is 0 Å². The monoisotopic (exact) mass is 267 g/mol. The van der Waals surface area contributed by atoms with Crippen molar-refractivity contribution in [1.82, 2.24) is 0 Å². The van der Waals surface area contributed by atoms with Gasteiger partial charge >= 0.3 is 0 Å². The van der Waals surface area contributed by atoms with Crippen molar-refractivity contribution in [3.8, 4) is 0 Å². The molecule has 0 fully saturated rings. The Kier molecular flexibility index (Phi) is 3.13. The number of nitrogens with two attached hydrogens (primary N) is 1. The van der Waals surface area contributed by atoms with E-state index in [9.17, 15) is 0 Å². The summed E-state index contributed by atoms with van der Waals surface area (Å²) in [5, 5.41) is 3.47. The number of hydrogen-bond acceptors (Lipinski definition) is 2. The summed E-state index contributed by atoms with van der Waals surface area (Å²) in [4.78, 5) is 0. The van der Waals surface area contributed by atoms with E-state index in [1.54, 1.807) is 11.3 Å². The van der Waals surface area contributed by atoms with Crippen LogP contribution in [0.3, 0.4) is 0 Å². The lowest BCUT2D eigenvalue weighted by Gasteiger charge is -2.15. The zero-order valence-electron chi connectivity index (χ0n) is 11.2. The molecule has 0 saturated carbocycles. The first-order valence-electron chi connectivity index (χ1n) is 6.45. The smallest absolute Gasteiger partial charge is 0.0568 e. The SMILES string of the molecule is Cc1ccc(C)c(C(N)c2csc3ccccc23)c1. The fourth-order valence-corrected chi connectivity index (χ4v) is 3.50. The second-order valence-electron chi connectivity index (χ2n) is 5.02. The minimum absolute atomic E-state index is 0.0453. The van der Waals surface area contributed by atoms with Crippen LogP contribution in [0.1, 0.15) is 28.3 Å². The molecule has 0 aliphatic carbocycles. The summed E-state index contributed by atoms with van der Waals surface area (Å²) in [5.41, 5.74) is 11.5. The van der Waals surface area contributed by atoms with Gasteiger partial charge in [-0.3, -0.25) is 0 Å². The Morgan fingerprint density at radius 2 is 1.79 bits per heavy atom. The van der Waals surface area contributed by atoms with Crippen LogP contribution in [-0.2, 0) is 0 Å². The van der Waals surface area contributed by atoms with Gasteiger partial charge in [0.1, 0.15) is 0 Å². The highest BCUT2D eigenvalue weighted by atomic mass is 32.1. The summed E-state index contributed by atoms with van der Waals surface area (Å²) in [6.07, 6.45) is 0. The van der Waals surface area contributed by atoms with Crippen LogP contribution in [0.15, 0.2) is 47.8 Å². The average molecular weight is 267 g/mol. The summed E-state index contributed by atoms with van der Waals surface area (Å²) in [7, 11) is 0. The van der Waals surface area contributed by atoms with Crippen LogP contribution in [0, 0.1) is 13.8 Å². The van der Waals surface area contributed by atoms with Crippen LogP contribution >= 0.6 is 11.3 Å². The molecule has 96 valence electrons. The predicted molar refractivity (Wildman–Crippen MR) is 83.8 cm³/mol. The standard InChI is InChI=1S/C17H17NS/c1-11-7-8-12(2)14(9-11)17(18)15-10-19-16-6-4-3-5-13(15)16/h3-10,17H,18H2,1-2H3. The molecule has 1 nitrogen and oxygen atoms in total. The Morgan fingerprint density at radius 3 is 2.63 bits per heavy atom. The van der Waals surface area contributed by atoms with Gasteiger partial charge in [-0.2, -0.15) is 0 Å². The molecule has 0 saturated heterocycles. The van der Waals surface area contributed by atoms with Crippen LogP contribution < -0.4 is 5.73 Å². The van der Waals surface area contributed by atoms with Gasteiger partial charge < -0.3 is 5.73 Å². The maximum Gasteiger partial charge on any atom is 0.0568 e. The first-order valence-corrected chi connectivity index (χ1v) is 7.33. The molecule has 1 atom stereocenters. The minimum Gasteiger partial charge on any atom is -0.320 e. The average Bonchev–Trinajstić information content (AvgIpc) is 2.84. The molecule has 0 aliphatic rings. The zero-order valence-corrected chi connectivity index (χ0v) is 12.0. The number of aryl methyl sites for hydroxylation is 2. The zero-order chi connectivity index (χ0) is 13.4. The molecule has 0 spiro atoms. The molecule has 2 N–H and O–H groups in total. The van der Waals surface area contributed by atoms with Crippen molar-refractivity contribution < 1.29 is 0 Å². The lowest BCUT2D eigenvalue weighted by Crippen LogP contribution is -2.13. The third kappa shape index (κ3) is 2.18. The van der Waals surface area contributed by atoms with Crippen molar-refractivity contribution in [2.45, 2.75) is 19.9 Å². The largest absolute Gasteiger partial charge is 0.320 e. The van der Waals surface area contributed by atoms with E-state index < -0.39 is 0 Å². The molecule has 3 aromatic rings. The molecule has 0 aliphatic heterocycles. The quantitative estimate of drug-likeness (QED) is 0.723. The third-order valence-corrected chi connectivity index (χ3v) is 4.60. The fourth-order valence-electron chi connectivity index (χ4n) is 2.50. The van der Waals surface area contributed by atoms with E-state index in [2.05, 4.69) is 61.7 Å². The number of fused-ring (bicyclic) bond motifs is 1. The van der Waals surface area contributed by atoms with E-state index in [4.69, 9.17) is 5.73 Å². The van der Waals surface area contributed by atoms with E-state index in [-0.39, 0.29) is 6.04 Å². The third-order valence-electron chi connectivity index (χ3n) is 3.62. The first kappa shape index (κ1) is 12.4. The molecule has 0 amide bonds. The predicted octanol–water partition coefficient (Wildman–Crippen LogP) is 4.57. The second-order valence-corrected chi connectivity index (χ2v) is 5.94. The van der Waals surface area contributed by atoms with Crippen molar-refractivity contribution in [3.63, 3.8) is 0 Å². The molecule has 19 heavy (non-hydrogen) atoms. The van der Waals surface area contributed by atoms with Gasteiger partial charge in [0.2, 0.25) is 0 Å². The van der Waals surface area contributed by atoms with Crippen molar-refractivity contribution in [3.05, 3.63) is 70.1 Å². The maximum absolute atomic E-state index is 6.50. The van der Waals surface area contributed by atoms with Crippen LogP contribution in [0.2, 0.25) is 0 Å². The van der Waals surface area contributed by atoms with E-state index in [1.165, 1.54) is 32.3 Å². The Bertz CT molecular complexity index is 727. The summed E-state index contributed by atoms with van der Waals surface area (Å²) < 4.78 is 1.30. The summed E-state index contributed by atoms with van der Waals surface area (Å²) in [5.74, 6) is 0. The highest BCUT2D eigenvalue weighted by Crippen LogP contribution is 2.33. The van der Waals surface area contributed by atoms with Gasteiger partial charge in [0.05, 0.1) is 6.04 Å². The molecule has 2 aromatic carbocycles. The van der Waals surface area contributed by atoms with E-state index >= 15 is 0 Å². The van der Waals surface area contributed by atoms with Gasteiger partial charge in [-0.25, -0.2) is 0 Å². The van der Waals surface area contributed by atoms with Crippen LogP contribution in [0.4, 0.5) is 0 Å². The van der Waals surface area contributed by atoms with Crippen molar-refractivity contribution in [2.75, 3.05) is 0 Å². The van der Waals surface area contributed by atoms with Crippen LogP contribution in [0.5, 0.6) is 0 Å². The van der Waals surface area contributed by atoms with Crippen molar-refractivity contribution >= 4 is 21.4 Å². The van der Waals surface area contributed by atoms with Gasteiger partial charge in [0, 0.05) is 4.70 Å². The van der Waals surface area contributed by atoms with Gasteiger partial charge in [0.25, 0.3) is 0 Å². The number of rotatable bonds is 2. The normalized spacial score (nSPS) is 12.8. The van der Waals surface area contributed by atoms with Gasteiger partial charge in [-0.05, 0) is 47.4 Å². The molecular formula is C17H17NS. The van der Waals surface area contributed by atoms with E-state index in [0.717, 1.165) is 0 Å². The Balaban J connectivity index is 2.13. The lowest BCUT2D eigenvalue weighted by molar-refractivity contribution is 0.872. The van der Waals surface area contributed by atoms with Crippen LogP contribution in [0.25, 0.3) is 10.1 Å². The fraction of sp³-hybridized carbons (Fsp3) is 0.176. The van der Waals surface area contributed by atoms with Crippen molar-refractivity contribution in [1.29, 1.82) is 0 Å². The maximum atomic E-state index is 6.50. The minimum atomic E-state index is -0.0453. The molecule has 1 aromatic heterocycles. The number of hydrogen-bond donors (Lipinski definition) is 1. The van der Waals surface area contributed by atoms with Gasteiger partial charge in [-0.1, -0.05) is 42.0 Å². The van der Waals surface area contributed by atoms with Gasteiger partial charge in [-0.15, -0.1) is 11.3 Å². The molecule has 3 rings (SSSR count). The first-order chi connectivity index (χ1) is 9.16. The summed E-state index contributed by atoms with van der Waals surface area (Å²) in [6, 6.07) is 14.9. The Morgan fingerprint density at radius 1 is 1.00 bits per heavy atom. The number of thiophene rings is 1. The highest BCUT2D eigenvalue weighted by molar-refractivity contribution is 7.17.